The highest BCUT2D eigenvalue weighted by molar-refractivity contribution is 5.95. The minimum absolute atomic E-state index is 0.215. The fourth-order valence-electron chi connectivity index (χ4n) is 1.69. The van der Waals surface area contributed by atoms with E-state index in [0.29, 0.717) is 0 Å². The van der Waals surface area contributed by atoms with Gasteiger partial charge in [-0.25, -0.2) is 4.79 Å². The number of rotatable bonds is 6. The van der Waals surface area contributed by atoms with Gasteiger partial charge in [0.25, 0.3) is 5.91 Å². The number of carbonyl (C=O) groups excluding carboxylic acids is 2. The molecule has 1 amide bonds. The predicted molar refractivity (Wildman–Crippen MR) is 73.0 cm³/mol. The average Bonchev–Trinajstić information content (AvgIpc) is 2.47. The normalized spacial score (nSPS) is 13.4. The third-order valence-electron chi connectivity index (χ3n) is 2.91. The summed E-state index contributed by atoms with van der Waals surface area (Å²) in [5.74, 6) is -1.01. The lowest BCUT2D eigenvalue weighted by Crippen LogP contribution is -2.56. The number of ether oxygens (including phenoxy) is 2. The first-order valence-corrected chi connectivity index (χ1v) is 6.47. The van der Waals surface area contributed by atoms with E-state index in [4.69, 9.17) is 9.47 Å². The zero-order valence-corrected chi connectivity index (χ0v) is 12.3. The summed E-state index contributed by atoms with van der Waals surface area (Å²) in [5, 5.41) is 0. The summed E-state index contributed by atoms with van der Waals surface area (Å²) in [6.07, 6.45) is 1.52. The number of hydrogen-bond donors (Lipinski definition) is 0. The lowest BCUT2D eigenvalue weighted by Gasteiger charge is -2.35. The molecule has 1 atom stereocenters. The second-order valence-electron chi connectivity index (χ2n) is 4.22. The molecule has 0 spiro atoms. The molecule has 0 radical (unpaired) electrons. The van der Waals surface area contributed by atoms with Gasteiger partial charge < -0.3 is 14.4 Å². The Hall–Kier alpha value is -1.95. The summed E-state index contributed by atoms with van der Waals surface area (Å²) in [4.78, 5) is 29.6. The van der Waals surface area contributed by atoms with E-state index in [-0.39, 0.29) is 18.9 Å². The third kappa shape index (κ3) is 3.33. The molecule has 0 bridgehead atoms. The van der Waals surface area contributed by atoms with Crippen molar-refractivity contribution in [1.82, 2.24) is 9.88 Å². The fraction of sp³-hybridized carbons (Fsp3) is 0.500. The molecule has 1 rings (SSSR count). The molecule has 110 valence electrons. The lowest BCUT2D eigenvalue weighted by molar-refractivity contribution is -0.188. The van der Waals surface area contributed by atoms with E-state index < -0.39 is 17.6 Å². The topological polar surface area (TPSA) is 68.7 Å². The first kappa shape index (κ1) is 16.1. The molecule has 0 aliphatic rings. The van der Waals surface area contributed by atoms with Crippen LogP contribution in [0.3, 0.4) is 0 Å². The molecule has 0 aliphatic heterocycles. The molecule has 0 N–H and O–H groups in total. The largest absolute Gasteiger partial charge is 0.462 e. The molecule has 20 heavy (non-hydrogen) atoms. The van der Waals surface area contributed by atoms with E-state index in [0.717, 1.165) is 0 Å². The number of aromatic nitrogens is 1. The maximum absolute atomic E-state index is 12.4. The number of carbonyl (C=O) groups is 2. The second-order valence-corrected chi connectivity index (χ2v) is 4.22. The number of pyridine rings is 1. The van der Waals surface area contributed by atoms with Crippen LogP contribution in [0, 0.1) is 0 Å². The number of likely N-dealkylation sites (N-methyl/N-ethyl adjacent to an activating group) is 1. The Morgan fingerprint density at radius 2 is 2.00 bits per heavy atom. The van der Waals surface area contributed by atoms with Gasteiger partial charge in [-0.2, -0.15) is 0 Å². The van der Waals surface area contributed by atoms with Gasteiger partial charge >= 0.3 is 5.97 Å². The predicted octanol–water partition coefficient (Wildman–Crippen LogP) is 1.47. The van der Waals surface area contributed by atoms with Gasteiger partial charge in [0.1, 0.15) is 5.69 Å². The summed E-state index contributed by atoms with van der Waals surface area (Å²) in [5.41, 5.74) is -1.23. The molecular formula is C14H20N2O4. The maximum Gasteiger partial charge on any atom is 0.359 e. The average molecular weight is 280 g/mol. The van der Waals surface area contributed by atoms with E-state index in [2.05, 4.69) is 4.98 Å². The Kier molecular flexibility index (Phi) is 5.64. The molecular weight excluding hydrogens is 260 g/mol. The molecule has 1 unspecified atom stereocenters. The van der Waals surface area contributed by atoms with Gasteiger partial charge in [-0.15, -0.1) is 0 Å². The van der Waals surface area contributed by atoms with E-state index >= 15 is 0 Å². The number of nitrogens with zero attached hydrogens (tertiary/aromatic N) is 2. The monoisotopic (exact) mass is 280 g/mol. The van der Waals surface area contributed by atoms with Crippen molar-refractivity contribution in [3.63, 3.8) is 0 Å². The van der Waals surface area contributed by atoms with Crippen molar-refractivity contribution < 1.29 is 19.1 Å². The lowest BCUT2D eigenvalue weighted by atomic mass is 10.2. The van der Waals surface area contributed by atoms with Gasteiger partial charge in [-0.1, -0.05) is 6.07 Å². The van der Waals surface area contributed by atoms with Crippen LogP contribution in [-0.4, -0.2) is 47.7 Å². The third-order valence-corrected chi connectivity index (χ3v) is 2.91. The summed E-state index contributed by atoms with van der Waals surface area (Å²) in [6, 6.07) is 5.00. The molecule has 0 saturated carbocycles. The van der Waals surface area contributed by atoms with Gasteiger partial charge in [0.05, 0.1) is 6.61 Å². The quantitative estimate of drug-likeness (QED) is 0.583. The van der Waals surface area contributed by atoms with Crippen LogP contribution in [-0.2, 0) is 14.3 Å². The molecule has 1 aromatic heterocycles. The zero-order chi connectivity index (χ0) is 15.2. The van der Waals surface area contributed by atoms with Crippen molar-refractivity contribution in [3.05, 3.63) is 30.1 Å². The Morgan fingerprint density at radius 3 is 2.50 bits per heavy atom. The van der Waals surface area contributed by atoms with E-state index in [1.165, 1.54) is 25.1 Å². The first-order valence-electron chi connectivity index (χ1n) is 6.47. The van der Waals surface area contributed by atoms with Crippen LogP contribution >= 0.6 is 0 Å². The van der Waals surface area contributed by atoms with Crippen LogP contribution in [0.2, 0.25) is 0 Å². The SMILES string of the molecule is CCOC(=O)C(C)(OCC)N(C)C(=O)c1ccccn1. The summed E-state index contributed by atoms with van der Waals surface area (Å²) in [6.45, 7) is 5.44. The summed E-state index contributed by atoms with van der Waals surface area (Å²) >= 11 is 0. The van der Waals surface area contributed by atoms with Gasteiger partial charge in [0.15, 0.2) is 0 Å². The minimum Gasteiger partial charge on any atom is -0.462 e. The van der Waals surface area contributed by atoms with Crippen LogP contribution in [0.5, 0.6) is 0 Å². The van der Waals surface area contributed by atoms with Crippen molar-refractivity contribution in [2.75, 3.05) is 20.3 Å². The van der Waals surface area contributed by atoms with Crippen molar-refractivity contribution in [2.45, 2.75) is 26.5 Å². The van der Waals surface area contributed by atoms with Gasteiger partial charge in [0, 0.05) is 19.9 Å². The van der Waals surface area contributed by atoms with Crippen molar-refractivity contribution in [1.29, 1.82) is 0 Å². The highest BCUT2D eigenvalue weighted by Crippen LogP contribution is 2.19. The highest BCUT2D eigenvalue weighted by Gasteiger charge is 2.43. The van der Waals surface area contributed by atoms with E-state index in [9.17, 15) is 9.59 Å². The molecule has 0 saturated heterocycles. The second kappa shape index (κ2) is 7.00. The number of amides is 1. The highest BCUT2D eigenvalue weighted by atomic mass is 16.6. The number of hydrogen-bond acceptors (Lipinski definition) is 5. The van der Waals surface area contributed by atoms with Crippen LogP contribution in [0.25, 0.3) is 0 Å². The molecule has 0 aliphatic carbocycles. The Morgan fingerprint density at radius 1 is 1.30 bits per heavy atom. The van der Waals surface area contributed by atoms with Crippen LogP contribution in [0.4, 0.5) is 0 Å². The zero-order valence-electron chi connectivity index (χ0n) is 12.3. The first-order chi connectivity index (χ1) is 9.47. The molecule has 6 heteroatoms. The molecule has 0 fully saturated rings. The Balaban J connectivity index is 3.02. The van der Waals surface area contributed by atoms with Crippen molar-refractivity contribution >= 4 is 11.9 Å². The maximum atomic E-state index is 12.4. The summed E-state index contributed by atoms with van der Waals surface area (Å²) < 4.78 is 10.4. The van der Waals surface area contributed by atoms with Crippen molar-refractivity contribution in [2.24, 2.45) is 0 Å². The van der Waals surface area contributed by atoms with Crippen molar-refractivity contribution in [3.8, 4) is 0 Å². The fourth-order valence-corrected chi connectivity index (χ4v) is 1.69. The van der Waals surface area contributed by atoms with E-state index in [1.807, 2.05) is 0 Å². The van der Waals surface area contributed by atoms with Crippen LogP contribution in [0.15, 0.2) is 24.4 Å². The van der Waals surface area contributed by atoms with Crippen LogP contribution < -0.4 is 0 Å². The number of esters is 1. The Bertz CT molecular complexity index is 464. The molecule has 1 heterocycles. The summed E-state index contributed by atoms with van der Waals surface area (Å²) in [7, 11) is 1.49. The molecule has 0 aromatic carbocycles. The van der Waals surface area contributed by atoms with Crippen LogP contribution in [0.1, 0.15) is 31.3 Å². The van der Waals surface area contributed by atoms with E-state index in [1.54, 1.807) is 32.0 Å². The standard InChI is InChI=1S/C14H20N2O4/c1-5-19-13(18)14(3,20-6-2)16(4)12(17)11-9-7-8-10-15-11/h7-10H,5-6H2,1-4H3. The smallest absolute Gasteiger partial charge is 0.359 e. The van der Waals surface area contributed by atoms with Gasteiger partial charge in [-0.05, 0) is 32.9 Å². The van der Waals surface area contributed by atoms with Gasteiger partial charge in [-0.3, -0.25) is 9.78 Å². The molecule has 1 aromatic rings. The minimum atomic E-state index is -1.47. The Labute approximate surface area is 118 Å². The molecule has 6 nitrogen and oxygen atoms in total. The van der Waals surface area contributed by atoms with Gasteiger partial charge in [0.2, 0.25) is 5.72 Å².